The summed E-state index contributed by atoms with van der Waals surface area (Å²) in [5.41, 5.74) is 4.21. The first-order valence-electron chi connectivity index (χ1n) is 8.92. The quantitative estimate of drug-likeness (QED) is 0.579. The molecule has 10 nitrogen and oxygen atoms in total. The lowest BCUT2D eigenvalue weighted by Gasteiger charge is -2.08. The Bertz CT molecular complexity index is 1100. The Morgan fingerprint density at radius 2 is 1.76 bits per heavy atom. The van der Waals surface area contributed by atoms with Crippen LogP contribution in [0, 0.1) is 27.7 Å². The van der Waals surface area contributed by atoms with Crippen LogP contribution in [-0.2, 0) is 11.5 Å². The van der Waals surface area contributed by atoms with E-state index in [2.05, 4.69) is 36.5 Å². The van der Waals surface area contributed by atoms with Crippen LogP contribution in [0.1, 0.15) is 46.1 Å². The molecule has 2 N–H and O–H groups in total. The van der Waals surface area contributed by atoms with Crippen molar-refractivity contribution in [3.63, 3.8) is 0 Å². The topological polar surface area (TPSA) is 120 Å². The third kappa shape index (κ3) is 3.95. The predicted octanol–water partition coefficient (Wildman–Crippen LogP) is 2.68. The Morgan fingerprint density at radius 1 is 1.14 bits per heavy atom. The molecule has 1 amide bonds. The third-order valence-corrected chi connectivity index (χ3v) is 5.95. The number of carboxylic acids is 1. The molecule has 0 aliphatic carbocycles. The van der Waals surface area contributed by atoms with Crippen LogP contribution in [0.3, 0.4) is 0 Å². The van der Waals surface area contributed by atoms with E-state index in [1.54, 1.807) is 4.68 Å². The number of anilines is 1. The average molecular weight is 464 g/mol. The zero-order chi connectivity index (χ0) is 21.5. The summed E-state index contributed by atoms with van der Waals surface area (Å²) in [6, 6.07) is -0.858. The molecule has 3 rings (SSSR count). The summed E-state index contributed by atoms with van der Waals surface area (Å²) in [5.74, 6) is -1.41. The molecule has 0 bridgehead atoms. The molecular weight excluding hydrogens is 442 g/mol. The van der Waals surface area contributed by atoms with Crippen molar-refractivity contribution in [1.29, 1.82) is 0 Å². The molecule has 0 radical (unpaired) electrons. The number of hydrogen-bond acceptors (Lipinski definition) is 5. The molecule has 3 heterocycles. The van der Waals surface area contributed by atoms with Crippen molar-refractivity contribution in [2.24, 2.45) is 0 Å². The molecule has 0 fully saturated rings. The van der Waals surface area contributed by atoms with E-state index < -0.39 is 12.0 Å². The van der Waals surface area contributed by atoms with E-state index in [4.69, 9.17) is 5.11 Å². The number of nitrogens with zero attached hydrogens (tertiary/aromatic N) is 6. The van der Waals surface area contributed by atoms with Gasteiger partial charge in [-0.2, -0.15) is 15.3 Å². The number of carbonyl (C=O) groups is 2. The summed E-state index contributed by atoms with van der Waals surface area (Å²) < 4.78 is 5.80. The Morgan fingerprint density at radius 3 is 2.34 bits per heavy atom. The standard InChI is InChI=1S/C18H22BrN7O3/c1-9-15(19)11(3)25(22-9)8-26-12(4)16(10(2)23-26)21-17(27)14-6-20-24(7-14)13(5)18(28)29/h6-7,13H,8H2,1-5H3,(H,21,27)(H,28,29). The highest BCUT2D eigenvalue weighted by molar-refractivity contribution is 9.10. The minimum atomic E-state index is -1.02. The molecule has 1 atom stereocenters. The molecule has 0 aromatic carbocycles. The molecule has 1 unspecified atom stereocenters. The van der Waals surface area contributed by atoms with Crippen molar-refractivity contribution in [3.05, 3.63) is 45.2 Å². The van der Waals surface area contributed by atoms with Crippen LogP contribution < -0.4 is 5.32 Å². The number of nitrogens with one attached hydrogen (secondary N) is 1. The summed E-state index contributed by atoms with van der Waals surface area (Å²) >= 11 is 3.52. The van der Waals surface area contributed by atoms with Gasteiger partial charge in [-0.05, 0) is 50.5 Å². The SMILES string of the molecule is Cc1nn(Cn2nc(C)c(NC(=O)c3cnn(C(C)C(=O)O)c3)c2C)c(C)c1Br. The normalized spacial score (nSPS) is 12.2. The van der Waals surface area contributed by atoms with Crippen LogP contribution in [0.25, 0.3) is 0 Å². The zero-order valence-electron chi connectivity index (χ0n) is 16.8. The van der Waals surface area contributed by atoms with Gasteiger partial charge in [0.1, 0.15) is 12.7 Å². The van der Waals surface area contributed by atoms with Gasteiger partial charge in [-0.3, -0.25) is 9.48 Å². The second kappa shape index (κ2) is 7.82. The number of amides is 1. The molecule has 11 heteroatoms. The number of aromatic nitrogens is 6. The maximum atomic E-state index is 12.6. The number of rotatable bonds is 6. The maximum absolute atomic E-state index is 12.6. The highest BCUT2D eigenvalue weighted by Gasteiger charge is 2.20. The molecule has 0 aliphatic heterocycles. The second-order valence-corrected chi connectivity index (χ2v) is 7.64. The highest BCUT2D eigenvalue weighted by Crippen LogP contribution is 2.23. The summed E-state index contributed by atoms with van der Waals surface area (Å²) in [4.78, 5) is 23.7. The largest absolute Gasteiger partial charge is 0.480 e. The summed E-state index contributed by atoms with van der Waals surface area (Å²) in [7, 11) is 0. The van der Waals surface area contributed by atoms with Crippen LogP contribution in [0.4, 0.5) is 5.69 Å². The molecule has 3 aromatic rings. The monoisotopic (exact) mass is 463 g/mol. The Kier molecular flexibility index (Phi) is 5.60. The van der Waals surface area contributed by atoms with Crippen molar-refractivity contribution >= 4 is 33.5 Å². The smallest absolute Gasteiger partial charge is 0.328 e. The summed E-state index contributed by atoms with van der Waals surface area (Å²) in [6.45, 7) is 9.47. The van der Waals surface area contributed by atoms with E-state index in [1.165, 1.54) is 24.0 Å². The van der Waals surface area contributed by atoms with Crippen molar-refractivity contribution in [1.82, 2.24) is 29.3 Å². The molecule has 0 aliphatic rings. The molecule has 0 saturated carbocycles. The van der Waals surface area contributed by atoms with Gasteiger partial charge in [-0.15, -0.1) is 0 Å². The second-order valence-electron chi connectivity index (χ2n) is 6.85. The molecular formula is C18H22BrN7O3. The van der Waals surface area contributed by atoms with Crippen molar-refractivity contribution < 1.29 is 14.7 Å². The van der Waals surface area contributed by atoms with Crippen LogP contribution in [-0.4, -0.2) is 46.3 Å². The van der Waals surface area contributed by atoms with E-state index in [9.17, 15) is 9.59 Å². The van der Waals surface area contributed by atoms with Crippen molar-refractivity contribution in [2.75, 3.05) is 5.32 Å². The minimum absolute atomic E-state index is 0.270. The Hall–Kier alpha value is -2.95. The lowest BCUT2D eigenvalue weighted by molar-refractivity contribution is -0.140. The van der Waals surface area contributed by atoms with Gasteiger partial charge in [-0.25, -0.2) is 14.2 Å². The molecule has 0 spiro atoms. The first kappa shape index (κ1) is 20.8. The number of halogens is 1. The van der Waals surface area contributed by atoms with Gasteiger partial charge in [0, 0.05) is 6.20 Å². The molecule has 3 aromatic heterocycles. The number of carbonyl (C=O) groups excluding carboxylic acids is 1. The summed E-state index contributed by atoms with van der Waals surface area (Å²) in [6.07, 6.45) is 2.76. The van der Waals surface area contributed by atoms with Gasteiger partial charge < -0.3 is 10.4 Å². The predicted molar refractivity (Wildman–Crippen MR) is 109 cm³/mol. The van der Waals surface area contributed by atoms with E-state index in [0.29, 0.717) is 18.1 Å². The van der Waals surface area contributed by atoms with Crippen molar-refractivity contribution in [3.8, 4) is 0 Å². The van der Waals surface area contributed by atoms with Gasteiger partial charge in [0.25, 0.3) is 5.91 Å². The average Bonchev–Trinajstić information content (AvgIpc) is 3.32. The number of aliphatic carboxylic acids is 1. The van der Waals surface area contributed by atoms with Gasteiger partial charge in [0.15, 0.2) is 0 Å². The van der Waals surface area contributed by atoms with Gasteiger partial charge in [0.05, 0.1) is 44.7 Å². The van der Waals surface area contributed by atoms with Crippen molar-refractivity contribution in [2.45, 2.75) is 47.3 Å². The number of carboxylic acid groups (broad SMARTS) is 1. The van der Waals surface area contributed by atoms with Crippen LogP contribution >= 0.6 is 15.9 Å². The number of hydrogen-bond donors (Lipinski definition) is 2. The fourth-order valence-electron chi connectivity index (χ4n) is 2.92. The molecule has 0 saturated heterocycles. The first-order chi connectivity index (χ1) is 13.6. The Labute approximate surface area is 175 Å². The lowest BCUT2D eigenvalue weighted by atomic mass is 10.2. The van der Waals surface area contributed by atoms with E-state index >= 15 is 0 Å². The van der Waals surface area contributed by atoms with E-state index in [0.717, 1.165) is 21.6 Å². The van der Waals surface area contributed by atoms with Gasteiger partial charge >= 0.3 is 5.97 Å². The highest BCUT2D eigenvalue weighted by atomic mass is 79.9. The zero-order valence-corrected chi connectivity index (χ0v) is 18.4. The van der Waals surface area contributed by atoms with Crippen LogP contribution in [0.15, 0.2) is 16.9 Å². The first-order valence-corrected chi connectivity index (χ1v) is 9.71. The fraction of sp³-hybridized carbons (Fsp3) is 0.389. The fourth-order valence-corrected chi connectivity index (χ4v) is 3.21. The molecule has 154 valence electrons. The lowest BCUT2D eigenvalue weighted by Crippen LogP contribution is -2.16. The van der Waals surface area contributed by atoms with Gasteiger partial charge in [-0.1, -0.05) is 0 Å². The third-order valence-electron chi connectivity index (χ3n) is 4.80. The number of aryl methyl sites for hydroxylation is 2. The maximum Gasteiger partial charge on any atom is 0.328 e. The van der Waals surface area contributed by atoms with Gasteiger partial charge in [0.2, 0.25) is 0 Å². The van der Waals surface area contributed by atoms with E-state index in [1.807, 2.05) is 32.4 Å². The molecule has 29 heavy (non-hydrogen) atoms. The Balaban J connectivity index is 1.81. The summed E-state index contributed by atoms with van der Waals surface area (Å²) in [5, 5.41) is 24.9. The van der Waals surface area contributed by atoms with Crippen LogP contribution in [0.2, 0.25) is 0 Å². The van der Waals surface area contributed by atoms with Crippen LogP contribution in [0.5, 0.6) is 0 Å². The minimum Gasteiger partial charge on any atom is -0.480 e. The van der Waals surface area contributed by atoms with E-state index in [-0.39, 0.29) is 11.5 Å².